The van der Waals surface area contributed by atoms with Gasteiger partial charge in [-0.1, -0.05) is 6.07 Å². The van der Waals surface area contributed by atoms with Crippen LogP contribution in [0, 0.1) is 5.92 Å². The number of likely N-dealkylation sites (tertiary alicyclic amines) is 1. The average molecular weight is 318 g/mol. The second kappa shape index (κ2) is 7.41. The third-order valence-electron chi connectivity index (χ3n) is 5.24. The van der Waals surface area contributed by atoms with E-state index < -0.39 is 0 Å². The lowest BCUT2D eigenvalue weighted by atomic mass is 9.78. The summed E-state index contributed by atoms with van der Waals surface area (Å²) in [7, 11) is 0. The zero-order valence-corrected chi connectivity index (χ0v) is 13.9. The molecule has 0 radical (unpaired) electrons. The van der Waals surface area contributed by atoms with Crippen LogP contribution in [0.5, 0.6) is 0 Å². The molecule has 126 valence electrons. The molecule has 0 bridgehead atoms. The van der Waals surface area contributed by atoms with Crippen LogP contribution in [0.2, 0.25) is 0 Å². The van der Waals surface area contributed by atoms with Gasteiger partial charge in [-0.15, -0.1) is 0 Å². The first-order chi connectivity index (χ1) is 11.2. The summed E-state index contributed by atoms with van der Waals surface area (Å²) < 4.78 is 11.9. The first kappa shape index (κ1) is 16.4. The Bertz CT molecular complexity index is 512. The normalized spacial score (nSPS) is 23.3. The van der Waals surface area contributed by atoms with E-state index in [2.05, 4.69) is 4.98 Å². The molecule has 1 aromatic rings. The van der Waals surface area contributed by atoms with Gasteiger partial charge in [-0.2, -0.15) is 0 Å². The quantitative estimate of drug-likeness (QED) is 0.782. The van der Waals surface area contributed by atoms with Crippen molar-refractivity contribution in [2.45, 2.75) is 44.8 Å². The Kier molecular flexibility index (Phi) is 5.28. The summed E-state index contributed by atoms with van der Waals surface area (Å²) in [4.78, 5) is 17.7. The number of nitrogens with zero attached hydrogens (tertiary/aromatic N) is 2. The molecule has 1 amide bonds. The molecule has 0 aromatic carbocycles. The minimum Gasteiger partial charge on any atom is -0.375 e. The van der Waals surface area contributed by atoms with Crippen molar-refractivity contribution in [1.82, 2.24) is 9.88 Å². The van der Waals surface area contributed by atoms with Gasteiger partial charge in [0, 0.05) is 39.4 Å². The van der Waals surface area contributed by atoms with E-state index in [0.29, 0.717) is 12.5 Å². The van der Waals surface area contributed by atoms with Gasteiger partial charge in [0.2, 0.25) is 5.91 Å². The number of amides is 1. The van der Waals surface area contributed by atoms with Crippen molar-refractivity contribution >= 4 is 5.91 Å². The van der Waals surface area contributed by atoms with Crippen LogP contribution in [0.3, 0.4) is 0 Å². The average Bonchev–Trinajstić information content (AvgIpc) is 2.95. The van der Waals surface area contributed by atoms with Crippen molar-refractivity contribution in [3.05, 3.63) is 30.1 Å². The Hall–Kier alpha value is -1.46. The Morgan fingerprint density at radius 3 is 2.96 bits per heavy atom. The number of pyridine rings is 1. The highest BCUT2D eigenvalue weighted by Gasteiger charge is 2.46. The second-order valence-electron chi connectivity index (χ2n) is 6.57. The van der Waals surface area contributed by atoms with Crippen LogP contribution >= 0.6 is 0 Å². The number of hydrogen-bond donors (Lipinski definition) is 0. The molecule has 1 aromatic heterocycles. The summed E-state index contributed by atoms with van der Waals surface area (Å²) in [6, 6.07) is 5.88. The molecule has 5 nitrogen and oxygen atoms in total. The molecular formula is C18H26N2O3. The smallest absolute Gasteiger partial charge is 0.219 e. The van der Waals surface area contributed by atoms with E-state index in [1.165, 1.54) is 0 Å². The monoisotopic (exact) mass is 318 g/mol. The van der Waals surface area contributed by atoms with Crippen LogP contribution in [0.4, 0.5) is 0 Å². The third kappa shape index (κ3) is 3.90. The van der Waals surface area contributed by atoms with Crippen LogP contribution in [-0.2, 0) is 20.9 Å². The fourth-order valence-electron chi connectivity index (χ4n) is 3.83. The lowest BCUT2D eigenvalue weighted by molar-refractivity contribution is -0.135. The standard InChI is InChI=1S/C18H26N2O3/c1-15(21)20-10-7-18(8-11-20)16(6-13-23-18)5-12-22-14-17-4-2-3-9-19-17/h2-4,9,16H,5-8,10-14H2,1H3. The maximum atomic E-state index is 11.5. The van der Waals surface area contributed by atoms with Crippen LogP contribution in [0.1, 0.15) is 38.3 Å². The van der Waals surface area contributed by atoms with E-state index in [1.54, 1.807) is 13.1 Å². The van der Waals surface area contributed by atoms with Crippen molar-refractivity contribution in [3.8, 4) is 0 Å². The molecular weight excluding hydrogens is 292 g/mol. The van der Waals surface area contributed by atoms with Crippen LogP contribution < -0.4 is 0 Å². The molecule has 0 aliphatic carbocycles. The van der Waals surface area contributed by atoms with E-state index in [9.17, 15) is 4.79 Å². The minimum absolute atomic E-state index is 0.0275. The molecule has 23 heavy (non-hydrogen) atoms. The van der Waals surface area contributed by atoms with Crippen LogP contribution in [0.25, 0.3) is 0 Å². The Morgan fingerprint density at radius 2 is 2.26 bits per heavy atom. The number of hydrogen-bond acceptors (Lipinski definition) is 4. The van der Waals surface area contributed by atoms with Gasteiger partial charge in [-0.3, -0.25) is 9.78 Å². The van der Waals surface area contributed by atoms with Crippen molar-refractivity contribution < 1.29 is 14.3 Å². The molecule has 5 heteroatoms. The van der Waals surface area contributed by atoms with E-state index >= 15 is 0 Å². The van der Waals surface area contributed by atoms with Crippen molar-refractivity contribution in [2.24, 2.45) is 5.92 Å². The van der Waals surface area contributed by atoms with Gasteiger partial charge in [0.25, 0.3) is 0 Å². The molecule has 2 fully saturated rings. The number of carbonyl (C=O) groups excluding carboxylic acids is 1. The molecule has 1 atom stereocenters. The predicted octanol–water partition coefficient (Wildman–Crippen LogP) is 2.41. The van der Waals surface area contributed by atoms with Crippen molar-refractivity contribution in [3.63, 3.8) is 0 Å². The molecule has 2 aliphatic rings. The topological polar surface area (TPSA) is 51.7 Å². The molecule has 1 unspecified atom stereocenters. The maximum absolute atomic E-state index is 11.5. The summed E-state index contributed by atoms with van der Waals surface area (Å²) in [5.74, 6) is 0.716. The maximum Gasteiger partial charge on any atom is 0.219 e. The number of carbonyl (C=O) groups is 1. The summed E-state index contributed by atoms with van der Waals surface area (Å²) in [5.41, 5.74) is 0.944. The zero-order valence-electron chi connectivity index (χ0n) is 13.9. The van der Waals surface area contributed by atoms with E-state index in [-0.39, 0.29) is 11.5 Å². The summed E-state index contributed by atoms with van der Waals surface area (Å²) >= 11 is 0. The summed E-state index contributed by atoms with van der Waals surface area (Å²) in [6.07, 6.45) is 5.83. The molecule has 0 N–H and O–H groups in total. The lowest BCUT2D eigenvalue weighted by Crippen LogP contribution is -2.49. The first-order valence-electron chi connectivity index (χ1n) is 8.57. The van der Waals surface area contributed by atoms with E-state index in [0.717, 1.165) is 57.7 Å². The highest BCUT2D eigenvalue weighted by Crippen LogP contribution is 2.42. The highest BCUT2D eigenvalue weighted by atomic mass is 16.5. The summed E-state index contributed by atoms with van der Waals surface area (Å²) in [5, 5.41) is 0. The molecule has 1 spiro atoms. The number of aromatic nitrogens is 1. The Labute approximate surface area is 138 Å². The molecule has 0 saturated carbocycles. The number of piperidine rings is 1. The van der Waals surface area contributed by atoms with Crippen molar-refractivity contribution in [2.75, 3.05) is 26.3 Å². The van der Waals surface area contributed by atoms with E-state index in [4.69, 9.17) is 9.47 Å². The lowest BCUT2D eigenvalue weighted by Gasteiger charge is -2.42. The van der Waals surface area contributed by atoms with Gasteiger partial charge in [0.05, 0.1) is 17.9 Å². The first-order valence-corrected chi connectivity index (χ1v) is 8.57. The second-order valence-corrected chi connectivity index (χ2v) is 6.57. The van der Waals surface area contributed by atoms with Gasteiger partial charge in [-0.05, 0) is 43.7 Å². The molecule has 3 heterocycles. The van der Waals surface area contributed by atoms with Crippen LogP contribution in [-0.4, -0.2) is 47.7 Å². The van der Waals surface area contributed by atoms with Gasteiger partial charge in [0.1, 0.15) is 0 Å². The van der Waals surface area contributed by atoms with E-state index in [1.807, 2.05) is 23.1 Å². The predicted molar refractivity (Wildman–Crippen MR) is 86.8 cm³/mol. The third-order valence-corrected chi connectivity index (χ3v) is 5.24. The SMILES string of the molecule is CC(=O)N1CCC2(CC1)OCCC2CCOCc1ccccn1. The van der Waals surface area contributed by atoms with Gasteiger partial charge >= 0.3 is 0 Å². The van der Waals surface area contributed by atoms with Gasteiger partial charge in [-0.25, -0.2) is 0 Å². The van der Waals surface area contributed by atoms with Crippen molar-refractivity contribution in [1.29, 1.82) is 0 Å². The molecule has 2 aliphatic heterocycles. The van der Waals surface area contributed by atoms with Crippen LogP contribution in [0.15, 0.2) is 24.4 Å². The Balaban J connectivity index is 1.45. The number of rotatable bonds is 5. The number of ether oxygens (including phenoxy) is 2. The zero-order chi connectivity index (χ0) is 16.1. The summed E-state index contributed by atoms with van der Waals surface area (Å²) in [6.45, 7) is 5.44. The molecule has 2 saturated heterocycles. The highest BCUT2D eigenvalue weighted by molar-refractivity contribution is 5.73. The van der Waals surface area contributed by atoms with Gasteiger partial charge < -0.3 is 14.4 Å². The largest absolute Gasteiger partial charge is 0.375 e. The fourth-order valence-corrected chi connectivity index (χ4v) is 3.83. The minimum atomic E-state index is -0.0275. The molecule has 3 rings (SSSR count). The fraction of sp³-hybridized carbons (Fsp3) is 0.667. The van der Waals surface area contributed by atoms with Gasteiger partial charge in [0.15, 0.2) is 0 Å². The Morgan fingerprint density at radius 1 is 1.43 bits per heavy atom.